The molecule has 0 bridgehead atoms. The van der Waals surface area contributed by atoms with Crippen molar-refractivity contribution in [1.29, 1.82) is 0 Å². The summed E-state index contributed by atoms with van der Waals surface area (Å²) in [6.45, 7) is 11.6. The topological polar surface area (TPSA) is 87.7 Å². The molecule has 1 unspecified atom stereocenters. The van der Waals surface area contributed by atoms with E-state index in [2.05, 4.69) is 31.0 Å². The van der Waals surface area contributed by atoms with E-state index < -0.39 is 0 Å². The summed E-state index contributed by atoms with van der Waals surface area (Å²) >= 11 is 0. The zero-order valence-electron chi connectivity index (χ0n) is 22.9. The van der Waals surface area contributed by atoms with Crippen LogP contribution in [0.15, 0.2) is 30.3 Å². The zero-order valence-corrected chi connectivity index (χ0v) is 22.9. The molecule has 1 aliphatic rings. The molecule has 2 heterocycles. The fourth-order valence-corrected chi connectivity index (χ4v) is 5.13. The summed E-state index contributed by atoms with van der Waals surface area (Å²) in [5.74, 6) is 1.96. The van der Waals surface area contributed by atoms with Crippen LogP contribution >= 0.6 is 0 Å². The van der Waals surface area contributed by atoms with E-state index in [-0.39, 0.29) is 17.7 Å². The van der Waals surface area contributed by atoms with Gasteiger partial charge >= 0.3 is 0 Å². The van der Waals surface area contributed by atoms with Gasteiger partial charge in [0.1, 0.15) is 17.1 Å². The number of phenols is 1. The smallest absolute Gasteiger partial charge is 0.273 e. The van der Waals surface area contributed by atoms with Crippen molar-refractivity contribution in [3.05, 3.63) is 58.3 Å². The molecule has 198 valence electrons. The Hall–Kier alpha value is -3.48. The number of hydrogen-bond acceptors (Lipinski definition) is 5. The maximum absolute atomic E-state index is 13.6. The van der Waals surface area contributed by atoms with Crippen molar-refractivity contribution in [1.82, 2.24) is 15.1 Å². The monoisotopic (exact) mass is 505 g/mol. The number of methoxy groups -OCH3 is 1. The van der Waals surface area contributed by atoms with Crippen molar-refractivity contribution < 1.29 is 19.4 Å². The lowest BCUT2D eigenvalue weighted by Crippen LogP contribution is -2.30. The van der Waals surface area contributed by atoms with E-state index in [4.69, 9.17) is 9.47 Å². The minimum Gasteiger partial charge on any atom is -0.507 e. The molecule has 0 saturated carbocycles. The Morgan fingerprint density at radius 1 is 1.14 bits per heavy atom. The number of phenolic OH excluding ortho intramolecular Hbond substituents is 1. The Labute approximate surface area is 219 Å². The number of carbonyl (C=O) groups excluding carboxylic acids is 1. The average molecular weight is 506 g/mol. The molecule has 0 aliphatic carbocycles. The molecule has 1 amide bonds. The number of ether oxygens (including phenoxy) is 2. The zero-order chi connectivity index (χ0) is 26.7. The second-order valence-electron chi connectivity index (χ2n) is 10.4. The van der Waals surface area contributed by atoms with E-state index in [1.165, 1.54) is 0 Å². The third-order valence-electron chi connectivity index (χ3n) is 7.02. The fraction of sp³-hybridized carbons (Fsp3) is 0.467. The quantitative estimate of drug-likeness (QED) is 0.288. The highest BCUT2D eigenvalue weighted by molar-refractivity contribution is 6.00. The maximum Gasteiger partial charge on any atom is 0.273 e. The molecule has 0 saturated heterocycles. The highest BCUT2D eigenvalue weighted by atomic mass is 16.5. The molecule has 2 N–H and O–H groups in total. The molecule has 1 aromatic heterocycles. The number of carbonyl (C=O) groups is 1. The van der Waals surface area contributed by atoms with Gasteiger partial charge in [-0.1, -0.05) is 45.7 Å². The minimum absolute atomic E-state index is 0.0738. The third kappa shape index (κ3) is 5.31. The predicted octanol–water partition coefficient (Wildman–Crippen LogP) is 6.57. The molecule has 0 radical (unpaired) electrons. The van der Waals surface area contributed by atoms with E-state index in [0.717, 1.165) is 47.9 Å². The number of nitrogens with one attached hydrogen (secondary N) is 1. The van der Waals surface area contributed by atoms with Gasteiger partial charge in [-0.2, -0.15) is 5.10 Å². The summed E-state index contributed by atoms with van der Waals surface area (Å²) in [7, 11) is 1.63. The van der Waals surface area contributed by atoms with Crippen molar-refractivity contribution in [2.24, 2.45) is 5.92 Å². The minimum atomic E-state index is -0.355. The summed E-state index contributed by atoms with van der Waals surface area (Å²) in [6, 6.07) is 9.30. The number of H-pyrrole nitrogens is 1. The third-order valence-corrected chi connectivity index (χ3v) is 7.02. The molecular weight excluding hydrogens is 466 g/mol. The van der Waals surface area contributed by atoms with E-state index in [0.29, 0.717) is 47.5 Å². The Kier molecular flexibility index (Phi) is 8.10. The Bertz CT molecular complexity index is 1240. The van der Waals surface area contributed by atoms with Crippen LogP contribution in [0.4, 0.5) is 0 Å². The second kappa shape index (κ2) is 11.3. The molecule has 7 nitrogen and oxygen atoms in total. The lowest BCUT2D eigenvalue weighted by molar-refractivity contribution is 0.0740. The molecule has 1 atom stereocenters. The number of fused-ring (bicyclic) bond motifs is 1. The summed E-state index contributed by atoms with van der Waals surface area (Å²) in [4.78, 5) is 15.5. The van der Waals surface area contributed by atoms with E-state index >= 15 is 0 Å². The van der Waals surface area contributed by atoms with Gasteiger partial charge in [0.25, 0.3) is 5.91 Å². The predicted molar refractivity (Wildman–Crippen MR) is 146 cm³/mol. The number of hydrogen-bond donors (Lipinski definition) is 2. The van der Waals surface area contributed by atoms with Crippen molar-refractivity contribution in [2.45, 2.75) is 66.3 Å². The first-order valence-corrected chi connectivity index (χ1v) is 13.3. The number of unbranched alkanes of at least 4 members (excludes halogenated alkanes) is 2. The molecule has 1 aliphatic heterocycles. The summed E-state index contributed by atoms with van der Waals surface area (Å²) in [5, 5.41) is 18.4. The number of aromatic hydroxyl groups is 1. The van der Waals surface area contributed by atoms with Crippen molar-refractivity contribution in [3.8, 4) is 28.5 Å². The van der Waals surface area contributed by atoms with Crippen LogP contribution in [0, 0.1) is 19.8 Å². The maximum atomic E-state index is 13.6. The summed E-state index contributed by atoms with van der Waals surface area (Å²) in [6.07, 6.45) is 3.97. The number of aromatic nitrogens is 2. The lowest BCUT2D eigenvalue weighted by Gasteiger charge is -2.27. The van der Waals surface area contributed by atoms with Gasteiger partial charge in [0.05, 0.1) is 19.8 Å². The van der Waals surface area contributed by atoms with Crippen molar-refractivity contribution in [3.63, 3.8) is 0 Å². The summed E-state index contributed by atoms with van der Waals surface area (Å²) < 4.78 is 11.7. The SMILES string of the molecule is CCCCCN1C(=O)c2[nH]nc(-c3c(C)cc(C)cc3O)c2C1c1ccc(OCCC(C)C)c(OC)c1. The van der Waals surface area contributed by atoms with Gasteiger partial charge in [0.15, 0.2) is 11.5 Å². The average Bonchev–Trinajstić information content (AvgIpc) is 3.38. The van der Waals surface area contributed by atoms with Gasteiger partial charge in [-0.3, -0.25) is 9.89 Å². The first-order valence-electron chi connectivity index (χ1n) is 13.3. The molecule has 7 heteroatoms. The van der Waals surface area contributed by atoms with Gasteiger partial charge < -0.3 is 19.5 Å². The lowest BCUT2D eigenvalue weighted by atomic mass is 9.93. The second-order valence-corrected chi connectivity index (χ2v) is 10.4. The highest BCUT2D eigenvalue weighted by Gasteiger charge is 2.42. The van der Waals surface area contributed by atoms with E-state index in [1.54, 1.807) is 13.2 Å². The normalized spacial score (nSPS) is 14.9. The van der Waals surface area contributed by atoms with Crippen LogP contribution in [0.5, 0.6) is 17.2 Å². The van der Waals surface area contributed by atoms with Crippen LogP contribution in [0.25, 0.3) is 11.3 Å². The highest BCUT2D eigenvalue weighted by Crippen LogP contribution is 2.47. The molecular formula is C30H39N3O4. The van der Waals surface area contributed by atoms with Crippen LogP contribution in [0.2, 0.25) is 0 Å². The molecule has 4 rings (SSSR count). The number of aryl methyl sites for hydroxylation is 2. The van der Waals surface area contributed by atoms with Crippen LogP contribution in [0.3, 0.4) is 0 Å². The first-order chi connectivity index (χ1) is 17.8. The van der Waals surface area contributed by atoms with Crippen LogP contribution in [0.1, 0.15) is 85.2 Å². The fourth-order valence-electron chi connectivity index (χ4n) is 5.13. The van der Waals surface area contributed by atoms with Crippen LogP contribution < -0.4 is 9.47 Å². The standard InChI is InChI=1S/C30H39N3O4/c1-7-8-9-13-33-29(21-10-11-23(24(17-21)36-6)37-14-12-18(2)3)26-27(31-32-28(26)30(33)35)25-20(5)15-19(4)16-22(25)34/h10-11,15-18,29,34H,7-9,12-14H2,1-6H3,(H,31,32). The molecule has 0 spiro atoms. The van der Waals surface area contributed by atoms with E-state index in [9.17, 15) is 9.90 Å². The molecule has 0 fully saturated rings. The van der Waals surface area contributed by atoms with Crippen LogP contribution in [-0.4, -0.2) is 46.4 Å². The number of nitrogens with zero attached hydrogens (tertiary/aromatic N) is 2. The Morgan fingerprint density at radius 3 is 2.59 bits per heavy atom. The van der Waals surface area contributed by atoms with E-state index in [1.807, 2.05) is 43.0 Å². The van der Waals surface area contributed by atoms with Crippen LogP contribution in [-0.2, 0) is 0 Å². The van der Waals surface area contributed by atoms with Gasteiger partial charge in [-0.25, -0.2) is 0 Å². The number of benzene rings is 2. The molecule has 2 aromatic carbocycles. The van der Waals surface area contributed by atoms with Crippen molar-refractivity contribution >= 4 is 5.91 Å². The largest absolute Gasteiger partial charge is 0.507 e. The van der Waals surface area contributed by atoms with Gasteiger partial charge in [0, 0.05) is 17.7 Å². The van der Waals surface area contributed by atoms with Crippen molar-refractivity contribution in [2.75, 3.05) is 20.3 Å². The Balaban J connectivity index is 1.80. The van der Waals surface area contributed by atoms with Gasteiger partial charge in [-0.05, 0) is 67.5 Å². The van der Waals surface area contributed by atoms with Gasteiger partial charge in [-0.15, -0.1) is 0 Å². The summed E-state index contributed by atoms with van der Waals surface area (Å²) in [5.41, 5.74) is 5.33. The molecule has 3 aromatic rings. The molecule has 37 heavy (non-hydrogen) atoms. The van der Waals surface area contributed by atoms with Gasteiger partial charge in [0.2, 0.25) is 0 Å². The first kappa shape index (κ1) is 26.6. The number of aromatic amines is 1. The number of amides is 1. The Morgan fingerprint density at radius 2 is 1.92 bits per heavy atom. The number of rotatable bonds is 11.